The molecule has 0 aliphatic heterocycles. The first-order valence-corrected chi connectivity index (χ1v) is 10.1. The molecule has 0 radical (unpaired) electrons. The molecule has 168 valence electrons. The van der Waals surface area contributed by atoms with E-state index in [1.54, 1.807) is 67.8 Å². The van der Waals surface area contributed by atoms with Gasteiger partial charge in [-0.25, -0.2) is 10.2 Å². The van der Waals surface area contributed by atoms with Crippen LogP contribution in [0.4, 0.5) is 0 Å². The van der Waals surface area contributed by atoms with Gasteiger partial charge in [-0.15, -0.1) is 0 Å². The predicted octanol–water partition coefficient (Wildman–Crippen LogP) is 3.10. The lowest BCUT2D eigenvalue weighted by Gasteiger charge is -2.06. The third kappa shape index (κ3) is 6.76. The second kappa shape index (κ2) is 11.2. The Morgan fingerprint density at radius 2 is 1.58 bits per heavy atom. The van der Waals surface area contributed by atoms with Crippen molar-refractivity contribution in [3.8, 4) is 11.5 Å². The highest BCUT2D eigenvalue weighted by Crippen LogP contribution is 2.16. The number of nitrogens with one attached hydrogen (secondary N) is 2. The maximum absolute atomic E-state index is 12.2. The Bertz CT molecular complexity index is 1160. The fourth-order valence-corrected chi connectivity index (χ4v) is 2.82. The summed E-state index contributed by atoms with van der Waals surface area (Å²) in [6.07, 6.45) is 1.44. The first-order valence-electron chi connectivity index (χ1n) is 10.1. The van der Waals surface area contributed by atoms with Gasteiger partial charge in [-0.2, -0.15) is 5.10 Å². The summed E-state index contributed by atoms with van der Waals surface area (Å²) >= 11 is 0. The minimum Gasteiger partial charge on any atom is -0.497 e. The van der Waals surface area contributed by atoms with E-state index in [0.717, 1.165) is 5.56 Å². The maximum Gasteiger partial charge on any atom is 0.343 e. The SMILES string of the molecule is COc1ccc(C(=O)Oc2ccc(/C=N/NC(=O)CNC(=O)c3ccccc3C)cc2)cc1. The number of nitrogens with zero attached hydrogens (tertiary/aromatic N) is 1. The molecule has 3 rings (SSSR count). The Balaban J connectivity index is 1.45. The Morgan fingerprint density at radius 3 is 2.24 bits per heavy atom. The molecule has 0 fully saturated rings. The first kappa shape index (κ1) is 23.2. The maximum atomic E-state index is 12.2. The van der Waals surface area contributed by atoms with Crippen molar-refractivity contribution in [2.45, 2.75) is 6.92 Å². The lowest BCUT2D eigenvalue weighted by Crippen LogP contribution is -2.35. The highest BCUT2D eigenvalue weighted by Gasteiger charge is 2.10. The van der Waals surface area contributed by atoms with E-state index < -0.39 is 11.9 Å². The van der Waals surface area contributed by atoms with Crippen LogP contribution in [-0.2, 0) is 4.79 Å². The molecular weight excluding hydrogens is 422 g/mol. The van der Waals surface area contributed by atoms with Crippen molar-refractivity contribution in [2.24, 2.45) is 5.10 Å². The van der Waals surface area contributed by atoms with Crippen LogP contribution < -0.4 is 20.2 Å². The summed E-state index contributed by atoms with van der Waals surface area (Å²) in [7, 11) is 1.55. The zero-order valence-electron chi connectivity index (χ0n) is 18.2. The molecule has 0 heterocycles. The first-order chi connectivity index (χ1) is 16.0. The van der Waals surface area contributed by atoms with E-state index in [1.165, 1.54) is 6.21 Å². The smallest absolute Gasteiger partial charge is 0.343 e. The van der Waals surface area contributed by atoms with Crippen LogP contribution in [0.25, 0.3) is 0 Å². The zero-order valence-corrected chi connectivity index (χ0v) is 18.2. The van der Waals surface area contributed by atoms with Crippen molar-refractivity contribution in [3.63, 3.8) is 0 Å². The van der Waals surface area contributed by atoms with Crippen LogP contribution >= 0.6 is 0 Å². The van der Waals surface area contributed by atoms with Crippen LogP contribution in [0.2, 0.25) is 0 Å². The number of ether oxygens (including phenoxy) is 2. The summed E-state index contributed by atoms with van der Waals surface area (Å²) in [5, 5.41) is 6.42. The van der Waals surface area contributed by atoms with Crippen molar-refractivity contribution in [1.29, 1.82) is 0 Å². The van der Waals surface area contributed by atoms with Gasteiger partial charge in [0.25, 0.3) is 11.8 Å². The molecule has 2 N–H and O–H groups in total. The molecule has 2 amide bonds. The third-order valence-corrected chi connectivity index (χ3v) is 4.62. The van der Waals surface area contributed by atoms with Crippen LogP contribution in [0, 0.1) is 6.92 Å². The number of amides is 2. The van der Waals surface area contributed by atoms with Gasteiger partial charge in [0.15, 0.2) is 0 Å². The van der Waals surface area contributed by atoms with Crippen molar-refractivity contribution in [1.82, 2.24) is 10.7 Å². The number of hydrogen-bond donors (Lipinski definition) is 2. The highest BCUT2D eigenvalue weighted by molar-refractivity contribution is 5.97. The minimum absolute atomic E-state index is 0.204. The van der Waals surface area contributed by atoms with Gasteiger partial charge >= 0.3 is 5.97 Å². The number of rotatable bonds is 8. The Morgan fingerprint density at radius 1 is 0.909 bits per heavy atom. The van der Waals surface area contributed by atoms with Crippen LogP contribution in [0.5, 0.6) is 11.5 Å². The normalized spacial score (nSPS) is 10.5. The fraction of sp³-hybridized carbons (Fsp3) is 0.120. The van der Waals surface area contributed by atoms with Gasteiger partial charge in [-0.1, -0.05) is 18.2 Å². The zero-order chi connectivity index (χ0) is 23.6. The Labute approximate surface area is 191 Å². The molecule has 3 aromatic rings. The monoisotopic (exact) mass is 445 g/mol. The molecule has 0 atom stereocenters. The molecule has 0 unspecified atom stereocenters. The van der Waals surface area contributed by atoms with Gasteiger partial charge in [0.05, 0.1) is 25.4 Å². The summed E-state index contributed by atoms with van der Waals surface area (Å²) < 4.78 is 10.4. The van der Waals surface area contributed by atoms with E-state index in [4.69, 9.17) is 9.47 Å². The molecule has 0 bridgehead atoms. The number of benzene rings is 3. The van der Waals surface area contributed by atoms with E-state index in [0.29, 0.717) is 28.2 Å². The number of hydrogen-bond acceptors (Lipinski definition) is 6. The number of carbonyl (C=O) groups is 3. The average Bonchev–Trinajstić information content (AvgIpc) is 2.84. The fourth-order valence-electron chi connectivity index (χ4n) is 2.82. The van der Waals surface area contributed by atoms with E-state index in [9.17, 15) is 14.4 Å². The molecule has 0 aliphatic rings. The average molecular weight is 445 g/mol. The lowest BCUT2D eigenvalue weighted by atomic mass is 10.1. The number of carbonyl (C=O) groups excluding carboxylic acids is 3. The van der Waals surface area contributed by atoms with Crippen LogP contribution in [0.3, 0.4) is 0 Å². The standard InChI is InChI=1S/C25H23N3O5/c1-17-5-3-4-6-22(17)24(30)26-16-23(29)28-27-15-18-7-11-21(12-8-18)33-25(31)19-9-13-20(32-2)14-10-19/h3-15H,16H2,1-2H3,(H,26,30)(H,28,29)/b27-15+. The van der Waals surface area contributed by atoms with Gasteiger partial charge in [0.2, 0.25) is 0 Å². The van der Waals surface area contributed by atoms with Crippen LogP contribution in [0.15, 0.2) is 77.9 Å². The molecule has 3 aromatic carbocycles. The van der Waals surface area contributed by atoms with Gasteiger partial charge in [-0.05, 0) is 72.6 Å². The molecule has 33 heavy (non-hydrogen) atoms. The van der Waals surface area contributed by atoms with Gasteiger partial charge < -0.3 is 14.8 Å². The molecule has 8 nitrogen and oxygen atoms in total. The summed E-state index contributed by atoms with van der Waals surface area (Å²) in [5.41, 5.74) is 4.78. The van der Waals surface area contributed by atoms with E-state index in [1.807, 2.05) is 19.1 Å². The molecule has 0 spiro atoms. The molecule has 0 aromatic heterocycles. The topological polar surface area (TPSA) is 106 Å². The number of methoxy groups -OCH3 is 1. The Hall–Kier alpha value is -4.46. The van der Waals surface area contributed by atoms with E-state index in [2.05, 4.69) is 15.8 Å². The van der Waals surface area contributed by atoms with Crippen molar-refractivity contribution < 1.29 is 23.9 Å². The van der Waals surface area contributed by atoms with Crippen molar-refractivity contribution in [3.05, 3.63) is 95.1 Å². The number of esters is 1. The number of aryl methyl sites for hydroxylation is 1. The summed E-state index contributed by atoms with van der Waals surface area (Å²) in [6, 6.07) is 20.3. The van der Waals surface area contributed by atoms with E-state index in [-0.39, 0.29) is 12.5 Å². The van der Waals surface area contributed by atoms with Gasteiger partial charge in [0.1, 0.15) is 11.5 Å². The van der Waals surface area contributed by atoms with Crippen molar-refractivity contribution in [2.75, 3.05) is 13.7 Å². The van der Waals surface area contributed by atoms with Gasteiger partial charge in [0, 0.05) is 5.56 Å². The van der Waals surface area contributed by atoms with Crippen molar-refractivity contribution >= 4 is 24.0 Å². The summed E-state index contributed by atoms with van der Waals surface area (Å²) in [4.78, 5) is 36.2. The Kier molecular flexibility index (Phi) is 7.91. The second-order valence-corrected chi connectivity index (χ2v) is 6.98. The summed E-state index contributed by atoms with van der Waals surface area (Å²) in [6.45, 7) is 1.62. The lowest BCUT2D eigenvalue weighted by molar-refractivity contribution is -0.120. The number of hydrazone groups is 1. The third-order valence-electron chi connectivity index (χ3n) is 4.62. The molecule has 0 saturated heterocycles. The quantitative estimate of drug-likeness (QED) is 0.240. The van der Waals surface area contributed by atoms with Crippen LogP contribution in [-0.4, -0.2) is 37.7 Å². The minimum atomic E-state index is -0.487. The molecule has 8 heteroatoms. The predicted molar refractivity (Wildman–Crippen MR) is 124 cm³/mol. The molecule has 0 saturated carbocycles. The highest BCUT2D eigenvalue weighted by atomic mass is 16.5. The molecule has 0 aliphatic carbocycles. The summed E-state index contributed by atoms with van der Waals surface area (Å²) in [5.74, 6) is -0.254. The van der Waals surface area contributed by atoms with Crippen LogP contribution in [0.1, 0.15) is 31.8 Å². The van der Waals surface area contributed by atoms with E-state index >= 15 is 0 Å². The second-order valence-electron chi connectivity index (χ2n) is 6.98. The van der Waals surface area contributed by atoms with Gasteiger partial charge in [-0.3, -0.25) is 9.59 Å². The molecular formula is C25H23N3O5. The largest absolute Gasteiger partial charge is 0.497 e.